The minimum Gasteiger partial charge on any atom is -0.312 e. The van der Waals surface area contributed by atoms with Crippen LogP contribution in [0.4, 0.5) is 4.39 Å². The van der Waals surface area contributed by atoms with Crippen LogP contribution in [-0.2, 0) is 0 Å². The number of nitrogens with one attached hydrogen (secondary N) is 1. The molecule has 0 aliphatic heterocycles. The Morgan fingerprint density at radius 1 is 1.19 bits per heavy atom. The highest BCUT2D eigenvalue weighted by molar-refractivity contribution is 7.99. The van der Waals surface area contributed by atoms with E-state index in [9.17, 15) is 4.39 Å². The molecule has 0 aliphatic carbocycles. The molecule has 0 aliphatic rings. The van der Waals surface area contributed by atoms with Crippen molar-refractivity contribution in [2.45, 2.75) is 10.9 Å². The van der Waals surface area contributed by atoms with Crippen molar-refractivity contribution in [3.8, 4) is 0 Å². The second kappa shape index (κ2) is 6.60. The van der Waals surface area contributed by atoms with Crippen LogP contribution in [0.5, 0.6) is 0 Å². The van der Waals surface area contributed by atoms with Gasteiger partial charge in [0.05, 0.1) is 0 Å². The lowest BCUT2D eigenvalue weighted by Crippen LogP contribution is -2.18. The molecule has 0 amide bonds. The lowest BCUT2D eigenvalue weighted by atomic mass is 10.1. The molecule has 1 aromatic heterocycles. The molecule has 108 valence electrons. The molecule has 2 aromatic carbocycles. The molecule has 1 heterocycles. The van der Waals surface area contributed by atoms with E-state index >= 15 is 0 Å². The van der Waals surface area contributed by atoms with Crippen molar-refractivity contribution in [3.63, 3.8) is 0 Å². The Bertz CT molecular complexity index is 738. The summed E-state index contributed by atoms with van der Waals surface area (Å²) >= 11 is 3.45. The lowest BCUT2D eigenvalue weighted by Gasteiger charge is -2.17. The molecule has 3 rings (SSSR count). The Balaban J connectivity index is 1.80. The average Bonchev–Trinajstić information content (AvgIpc) is 2.97. The molecule has 1 N–H and O–H groups in total. The third kappa shape index (κ3) is 3.28. The maximum Gasteiger partial charge on any atom is 0.124 e. The second-order valence-corrected chi connectivity index (χ2v) is 6.81. The number of hydrogen-bond acceptors (Lipinski definition) is 3. The largest absolute Gasteiger partial charge is 0.312 e. The highest BCUT2D eigenvalue weighted by Gasteiger charge is 2.13. The predicted molar refractivity (Wildman–Crippen MR) is 90.7 cm³/mol. The molecular weight excluding hydrogens is 301 g/mol. The van der Waals surface area contributed by atoms with E-state index < -0.39 is 0 Å². The van der Waals surface area contributed by atoms with Gasteiger partial charge in [-0.1, -0.05) is 24.3 Å². The Morgan fingerprint density at radius 2 is 2.05 bits per heavy atom. The number of fused-ring (bicyclic) bond motifs is 1. The quantitative estimate of drug-likeness (QED) is 0.658. The smallest absolute Gasteiger partial charge is 0.124 e. The van der Waals surface area contributed by atoms with Gasteiger partial charge in [0, 0.05) is 21.4 Å². The Hall–Kier alpha value is -1.36. The van der Waals surface area contributed by atoms with Crippen LogP contribution in [0.3, 0.4) is 0 Å². The minimum atomic E-state index is -0.179. The van der Waals surface area contributed by atoms with E-state index in [4.69, 9.17) is 0 Å². The Morgan fingerprint density at radius 3 is 2.86 bits per heavy atom. The predicted octanol–water partition coefficient (Wildman–Crippen LogP) is 5.09. The second-order valence-electron chi connectivity index (χ2n) is 4.80. The first-order valence-corrected chi connectivity index (χ1v) is 8.66. The normalized spacial score (nSPS) is 12.7. The summed E-state index contributed by atoms with van der Waals surface area (Å²) in [6.45, 7) is 0. The van der Waals surface area contributed by atoms with Crippen molar-refractivity contribution < 1.29 is 4.39 Å². The summed E-state index contributed by atoms with van der Waals surface area (Å²) in [5, 5.41) is 6.79. The average molecular weight is 317 g/mol. The molecule has 0 saturated heterocycles. The van der Waals surface area contributed by atoms with Gasteiger partial charge >= 0.3 is 0 Å². The summed E-state index contributed by atoms with van der Waals surface area (Å²) < 4.78 is 14.6. The summed E-state index contributed by atoms with van der Waals surface area (Å²) in [4.78, 5) is 0.966. The van der Waals surface area contributed by atoms with Crippen molar-refractivity contribution >= 4 is 33.2 Å². The molecule has 21 heavy (non-hydrogen) atoms. The van der Waals surface area contributed by atoms with Gasteiger partial charge in [0.2, 0.25) is 0 Å². The van der Waals surface area contributed by atoms with E-state index in [-0.39, 0.29) is 11.9 Å². The van der Waals surface area contributed by atoms with Crippen LogP contribution in [0.15, 0.2) is 58.8 Å². The molecule has 0 fully saturated rings. The monoisotopic (exact) mass is 317 g/mol. The maximum absolute atomic E-state index is 13.2. The van der Waals surface area contributed by atoms with Gasteiger partial charge in [-0.05, 0) is 47.6 Å². The standard InChI is InChI=1S/C17H16FNS2/c1-19-16(11-21-14-6-3-5-13(18)10-14)15-7-2-4-12-8-9-20-17(12)15/h2-10,16,19H,11H2,1H3. The topological polar surface area (TPSA) is 12.0 Å². The zero-order valence-corrected chi connectivity index (χ0v) is 13.3. The zero-order chi connectivity index (χ0) is 14.7. The molecular formula is C17H16FNS2. The third-order valence-electron chi connectivity index (χ3n) is 3.45. The number of rotatable bonds is 5. The summed E-state index contributed by atoms with van der Waals surface area (Å²) in [5.74, 6) is 0.693. The number of thioether (sulfide) groups is 1. The first-order valence-electron chi connectivity index (χ1n) is 6.79. The van der Waals surface area contributed by atoms with Crippen molar-refractivity contribution in [1.29, 1.82) is 0 Å². The van der Waals surface area contributed by atoms with E-state index in [0.717, 1.165) is 10.6 Å². The molecule has 1 nitrogen and oxygen atoms in total. The van der Waals surface area contributed by atoms with Gasteiger partial charge in [-0.2, -0.15) is 0 Å². The number of halogens is 1. The van der Waals surface area contributed by atoms with E-state index in [2.05, 4.69) is 35.0 Å². The van der Waals surface area contributed by atoms with Gasteiger partial charge < -0.3 is 5.32 Å². The molecule has 1 unspecified atom stereocenters. The summed E-state index contributed by atoms with van der Waals surface area (Å²) in [7, 11) is 1.98. The van der Waals surface area contributed by atoms with Crippen molar-refractivity contribution in [2.24, 2.45) is 0 Å². The Labute approximate surface area is 132 Å². The zero-order valence-electron chi connectivity index (χ0n) is 11.7. The van der Waals surface area contributed by atoms with Crippen LogP contribution in [0.2, 0.25) is 0 Å². The molecule has 3 aromatic rings. The van der Waals surface area contributed by atoms with Crippen molar-refractivity contribution in [1.82, 2.24) is 5.32 Å². The molecule has 0 bridgehead atoms. The third-order valence-corrected chi connectivity index (χ3v) is 5.51. The van der Waals surface area contributed by atoms with Crippen molar-refractivity contribution in [3.05, 3.63) is 65.3 Å². The van der Waals surface area contributed by atoms with Gasteiger partial charge in [0.15, 0.2) is 0 Å². The number of thiophene rings is 1. The van der Waals surface area contributed by atoms with E-state index in [1.54, 1.807) is 35.2 Å². The lowest BCUT2D eigenvalue weighted by molar-refractivity contribution is 0.624. The SMILES string of the molecule is CNC(CSc1cccc(F)c1)c1cccc2ccsc12. The molecule has 4 heteroatoms. The number of benzene rings is 2. The molecule has 0 saturated carbocycles. The van der Waals surface area contributed by atoms with Gasteiger partial charge in [-0.25, -0.2) is 4.39 Å². The fourth-order valence-electron chi connectivity index (χ4n) is 2.36. The first kappa shape index (κ1) is 14.6. The highest BCUT2D eigenvalue weighted by atomic mass is 32.2. The van der Waals surface area contributed by atoms with Crippen LogP contribution < -0.4 is 5.32 Å². The van der Waals surface area contributed by atoms with Crippen LogP contribution in [0, 0.1) is 5.82 Å². The van der Waals surface area contributed by atoms with Crippen LogP contribution in [0.25, 0.3) is 10.1 Å². The summed E-state index contributed by atoms with van der Waals surface area (Å²) in [6, 6.07) is 15.6. The molecule has 1 atom stereocenters. The van der Waals surface area contributed by atoms with Gasteiger partial charge in [-0.15, -0.1) is 23.1 Å². The van der Waals surface area contributed by atoms with Gasteiger partial charge in [-0.3, -0.25) is 0 Å². The summed E-state index contributed by atoms with van der Waals surface area (Å²) in [6.07, 6.45) is 0. The summed E-state index contributed by atoms with van der Waals surface area (Å²) in [5.41, 5.74) is 1.31. The Kier molecular flexibility index (Phi) is 4.58. The van der Waals surface area contributed by atoms with E-state index in [1.165, 1.54) is 21.7 Å². The van der Waals surface area contributed by atoms with Gasteiger partial charge in [0.1, 0.15) is 5.82 Å². The van der Waals surface area contributed by atoms with Crippen LogP contribution in [-0.4, -0.2) is 12.8 Å². The van der Waals surface area contributed by atoms with E-state index in [0.29, 0.717) is 0 Å². The molecule has 0 radical (unpaired) electrons. The van der Waals surface area contributed by atoms with Crippen LogP contribution in [0.1, 0.15) is 11.6 Å². The number of hydrogen-bond donors (Lipinski definition) is 1. The van der Waals surface area contributed by atoms with Gasteiger partial charge in [0.25, 0.3) is 0 Å². The molecule has 0 spiro atoms. The van der Waals surface area contributed by atoms with E-state index in [1.807, 2.05) is 13.1 Å². The minimum absolute atomic E-state index is 0.179. The highest BCUT2D eigenvalue weighted by Crippen LogP contribution is 2.32. The van der Waals surface area contributed by atoms with Crippen molar-refractivity contribution in [2.75, 3.05) is 12.8 Å². The fourth-order valence-corrected chi connectivity index (χ4v) is 4.40. The maximum atomic E-state index is 13.2. The fraction of sp³-hybridized carbons (Fsp3) is 0.176. The van der Waals surface area contributed by atoms with Crippen LogP contribution >= 0.6 is 23.1 Å². The first-order chi connectivity index (χ1) is 10.3.